The fourth-order valence-electron chi connectivity index (χ4n) is 3.05. The number of hydrogen-bond acceptors (Lipinski definition) is 6. The summed E-state index contributed by atoms with van der Waals surface area (Å²) in [5.41, 5.74) is 0.797. The summed E-state index contributed by atoms with van der Waals surface area (Å²) in [6, 6.07) is 3.50. The van der Waals surface area contributed by atoms with Crippen LogP contribution in [0.3, 0.4) is 0 Å². The Morgan fingerprint density at radius 3 is 2.38 bits per heavy atom. The third kappa shape index (κ3) is 9.56. The van der Waals surface area contributed by atoms with E-state index in [1.54, 1.807) is 24.5 Å². The van der Waals surface area contributed by atoms with Crippen molar-refractivity contribution in [3.8, 4) is 0 Å². The van der Waals surface area contributed by atoms with E-state index in [4.69, 9.17) is 22.3 Å². The number of pyridine rings is 1. The van der Waals surface area contributed by atoms with E-state index in [2.05, 4.69) is 25.8 Å². The van der Waals surface area contributed by atoms with Crippen molar-refractivity contribution in [2.45, 2.75) is 46.1 Å². The Hall–Kier alpha value is -1.55. The second-order valence-electron chi connectivity index (χ2n) is 6.63. The van der Waals surface area contributed by atoms with Crippen LogP contribution in [0.2, 0.25) is 0 Å². The van der Waals surface area contributed by atoms with Gasteiger partial charge in [-0.3, -0.25) is 14.1 Å². The summed E-state index contributed by atoms with van der Waals surface area (Å²) in [6.45, 7) is 6.72. The summed E-state index contributed by atoms with van der Waals surface area (Å²) < 4.78 is 37.2. The zero-order valence-electron chi connectivity index (χ0n) is 14.2. The topological polar surface area (TPSA) is 149 Å². The third-order valence-electron chi connectivity index (χ3n) is 3.52. The quantitative estimate of drug-likeness (QED) is 0.537. The summed E-state index contributed by atoms with van der Waals surface area (Å²) in [7, 11) is -4.67. The zero-order chi connectivity index (χ0) is 17.7. The molecule has 8 nitrogen and oxygen atoms in total. The average molecular weight is 362 g/mol. The molecule has 0 unspecified atom stereocenters. The number of aromatic nitrogens is 1. The highest BCUT2D eigenvalue weighted by atomic mass is 32.3. The molecule has 138 valence electrons. The van der Waals surface area contributed by atoms with E-state index < -0.39 is 10.4 Å². The van der Waals surface area contributed by atoms with Crippen molar-refractivity contribution in [3.05, 3.63) is 30.1 Å². The standard InChI is InChI=1S/C15H21NO2.H3N.H2O4S/c1-11-7-13(9-15(2,3)8-11)18-14(17)12-5-4-6-16-10-12;;1-5(2,3)4/h4-6,10-11,13H,7-9H2,1-3H3;1H3;(H2,1,2,3,4)/t11-,13-;;/m1../s1. The predicted molar refractivity (Wildman–Crippen MR) is 89.4 cm³/mol. The first kappa shape index (κ1) is 22.4. The Kier molecular flexibility index (Phi) is 8.48. The first-order valence-electron chi connectivity index (χ1n) is 7.27. The Morgan fingerprint density at radius 2 is 1.92 bits per heavy atom. The van der Waals surface area contributed by atoms with Crippen LogP contribution in [0.15, 0.2) is 24.5 Å². The second-order valence-corrected chi connectivity index (χ2v) is 7.53. The van der Waals surface area contributed by atoms with Gasteiger partial charge in [0.15, 0.2) is 0 Å². The van der Waals surface area contributed by atoms with Gasteiger partial charge in [-0.1, -0.05) is 20.8 Å². The molecule has 1 heterocycles. The number of nitrogens with zero attached hydrogens (tertiary/aromatic N) is 1. The highest BCUT2D eigenvalue weighted by molar-refractivity contribution is 7.79. The van der Waals surface area contributed by atoms with Gasteiger partial charge in [0.25, 0.3) is 0 Å². The van der Waals surface area contributed by atoms with Gasteiger partial charge in [-0.05, 0) is 42.7 Å². The molecule has 0 amide bonds. The van der Waals surface area contributed by atoms with Gasteiger partial charge in [0.05, 0.1) is 5.56 Å². The summed E-state index contributed by atoms with van der Waals surface area (Å²) >= 11 is 0. The zero-order valence-corrected chi connectivity index (χ0v) is 15.0. The molecule has 5 N–H and O–H groups in total. The van der Waals surface area contributed by atoms with E-state index >= 15 is 0 Å². The SMILES string of the molecule is C[C@@H]1C[C@@H](OC(=O)c2cccnc2)CC(C)(C)C1.N.O=S(=O)(O)O. The van der Waals surface area contributed by atoms with E-state index in [9.17, 15) is 4.79 Å². The molecule has 1 fully saturated rings. The lowest BCUT2D eigenvalue weighted by Crippen LogP contribution is -2.34. The smallest absolute Gasteiger partial charge is 0.394 e. The van der Waals surface area contributed by atoms with Gasteiger partial charge in [0.2, 0.25) is 0 Å². The van der Waals surface area contributed by atoms with E-state index in [-0.39, 0.29) is 23.6 Å². The molecule has 1 aromatic heterocycles. The first-order valence-corrected chi connectivity index (χ1v) is 8.67. The van der Waals surface area contributed by atoms with Crippen molar-refractivity contribution >= 4 is 16.4 Å². The molecule has 0 aliphatic heterocycles. The fraction of sp³-hybridized carbons (Fsp3) is 0.600. The van der Waals surface area contributed by atoms with Crippen LogP contribution in [-0.2, 0) is 15.1 Å². The highest BCUT2D eigenvalue weighted by Crippen LogP contribution is 2.39. The van der Waals surface area contributed by atoms with Crippen LogP contribution in [0.5, 0.6) is 0 Å². The van der Waals surface area contributed by atoms with Crippen LogP contribution in [-0.4, -0.2) is 34.6 Å². The molecule has 1 aromatic rings. The van der Waals surface area contributed by atoms with Crippen LogP contribution in [0.25, 0.3) is 0 Å². The maximum Gasteiger partial charge on any atom is 0.394 e. The molecule has 9 heteroatoms. The van der Waals surface area contributed by atoms with Crippen LogP contribution < -0.4 is 6.15 Å². The van der Waals surface area contributed by atoms with Crippen molar-refractivity contribution in [1.82, 2.24) is 11.1 Å². The number of ether oxygens (including phenoxy) is 1. The number of rotatable bonds is 2. The van der Waals surface area contributed by atoms with Crippen molar-refractivity contribution < 1.29 is 27.1 Å². The van der Waals surface area contributed by atoms with Gasteiger partial charge in [-0.15, -0.1) is 0 Å². The lowest BCUT2D eigenvalue weighted by Gasteiger charge is -2.38. The molecular formula is C15H26N2O6S. The maximum absolute atomic E-state index is 12.0. The molecule has 1 aliphatic carbocycles. The van der Waals surface area contributed by atoms with Crippen molar-refractivity contribution in [3.63, 3.8) is 0 Å². The minimum absolute atomic E-state index is 0. The van der Waals surface area contributed by atoms with Crippen molar-refractivity contribution in [1.29, 1.82) is 0 Å². The third-order valence-corrected chi connectivity index (χ3v) is 3.52. The summed E-state index contributed by atoms with van der Waals surface area (Å²) in [5, 5.41) is 0. The Morgan fingerprint density at radius 1 is 1.33 bits per heavy atom. The van der Waals surface area contributed by atoms with Gasteiger partial charge >= 0.3 is 16.4 Å². The second kappa shape index (κ2) is 9.07. The fourth-order valence-corrected chi connectivity index (χ4v) is 3.05. The largest absolute Gasteiger partial charge is 0.459 e. The van der Waals surface area contributed by atoms with E-state index in [1.807, 2.05) is 0 Å². The van der Waals surface area contributed by atoms with Gasteiger partial charge in [-0.25, -0.2) is 4.79 Å². The summed E-state index contributed by atoms with van der Waals surface area (Å²) in [5.74, 6) is 0.360. The number of carbonyl (C=O) groups excluding carboxylic acids is 1. The van der Waals surface area contributed by atoms with Crippen LogP contribution in [0, 0.1) is 11.3 Å². The van der Waals surface area contributed by atoms with Crippen molar-refractivity contribution in [2.75, 3.05) is 0 Å². The lowest BCUT2D eigenvalue weighted by atomic mass is 9.71. The van der Waals surface area contributed by atoms with Crippen LogP contribution in [0.1, 0.15) is 50.4 Å². The Balaban J connectivity index is 0.000000777. The summed E-state index contributed by atoms with van der Waals surface area (Å²) in [6.07, 6.45) is 6.37. The molecule has 1 saturated carbocycles. The van der Waals surface area contributed by atoms with E-state index in [0.29, 0.717) is 11.5 Å². The molecular weight excluding hydrogens is 336 g/mol. The number of carbonyl (C=O) groups is 1. The Bertz CT molecular complexity index is 610. The monoisotopic (exact) mass is 362 g/mol. The van der Waals surface area contributed by atoms with Gasteiger partial charge < -0.3 is 10.9 Å². The van der Waals surface area contributed by atoms with Crippen molar-refractivity contribution in [2.24, 2.45) is 11.3 Å². The van der Waals surface area contributed by atoms with Gasteiger partial charge in [-0.2, -0.15) is 8.42 Å². The van der Waals surface area contributed by atoms with Crippen LogP contribution in [0.4, 0.5) is 0 Å². The minimum atomic E-state index is -4.67. The molecule has 0 saturated heterocycles. The lowest BCUT2D eigenvalue weighted by molar-refractivity contribution is -0.00718. The summed E-state index contributed by atoms with van der Waals surface area (Å²) in [4.78, 5) is 15.9. The predicted octanol–water partition coefficient (Wildman–Crippen LogP) is 2.96. The van der Waals surface area contributed by atoms with E-state index in [1.165, 1.54) is 6.42 Å². The van der Waals surface area contributed by atoms with Gasteiger partial charge in [0.1, 0.15) is 6.10 Å². The maximum atomic E-state index is 12.0. The van der Waals surface area contributed by atoms with Crippen LogP contribution >= 0.6 is 0 Å². The molecule has 0 spiro atoms. The van der Waals surface area contributed by atoms with Gasteiger partial charge in [0, 0.05) is 12.4 Å². The molecule has 2 rings (SSSR count). The first-order chi connectivity index (χ1) is 10.5. The molecule has 0 radical (unpaired) electrons. The number of hydrogen-bond donors (Lipinski definition) is 3. The molecule has 0 bridgehead atoms. The normalized spacial score (nSPS) is 22.4. The van der Waals surface area contributed by atoms with E-state index in [0.717, 1.165) is 12.8 Å². The molecule has 1 aliphatic rings. The molecule has 0 aromatic carbocycles. The Labute approximate surface area is 142 Å². The highest BCUT2D eigenvalue weighted by Gasteiger charge is 2.34. The molecule has 2 atom stereocenters. The minimum Gasteiger partial charge on any atom is -0.459 e. The molecule has 24 heavy (non-hydrogen) atoms. The average Bonchev–Trinajstić information content (AvgIpc) is 2.35. The number of esters is 1.